The molecule has 2 fully saturated rings. The maximum Gasteiger partial charge on any atom is 0.231 e. The summed E-state index contributed by atoms with van der Waals surface area (Å²) >= 11 is 0. The highest BCUT2D eigenvalue weighted by Gasteiger charge is 2.41. The van der Waals surface area contributed by atoms with E-state index in [9.17, 15) is 9.59 Å². The van der Waals surface area contributed by atoms with E-state index in [0.717, 1.165) is 49.4 Å². The Morgan fingerprint density at radius 1 is 1.03 bits per heavy atom. The number of rotatable bonds is 5. The first kappa shape index (κ1) is 21.3. The number of likely N-dealkylation sites (tertiary alicyclic amines) is 1. The van der Waals surface area contributed by atoms with Crippen molar-refractivity contribution in [1.82, 2.24) is 10.2 Å². The van der Waals surface area contributed by atoms with Crippen LogP contribution < -0.4 is 14.8 Å². The second-order valence-electron chi connectivity index (χ2n) is 10.2. The zero-order valence-corrected chi connectivity index (χ0v) is 19.3. The van der Waals surface area contributed by atoms with Crippen LogP contribution in [0, 0.1) is 0 Å². The number of hydrogen-bond donors (Lipinski definition) is 1. The monoisotopic (exact) mass is 458 g/mol. The lowest BCUT2D eigenvalue weighted by atomic mass is 9.74. The number of hydrogen-bond acceptors (Lipinski definition) is 4. The fraction of sp³-hybridized carbons (Fsp3) is 0.429. The summed E-state index contributed by atoms with van der Waals surface area (Å²) in [5, 5.41) is 3.20. The molecule has 34 heavy (non-hydrogen) atoms. The topological polar surface area (TPSA) is 67.9 Å². The maximum absolute atomic E-state index is 13.2. The van der Waals surface area contributed by atoms with Crippen LogP contribution in [0.15, 0.2) is 48.5 Å². The number of nitrogens with zero attached hydrogens (tertiary/aromatic N) is 1. The molecule has 6 rings (SSSR count). The number of allylic oxidation sites excluding steroid dienone is 1. The van der Waals surface area contributed by atoms with Gasteiger partial charge in [-0.05, 0) is 60.9 Å². The molecule has 3 heterocycles. The van der Waals surface area contributed by atoms with E-state index in [0.29, 0.717) is 25.7 Å². The number of amides is 2. The summed E-state index contributed by atoms with van der Waals surface area (Å²) in [5.74, 6) is 1.76. The Hall–Kier alpha value is -3.28. The average Bonchev–Trinajstić information content (AvgIpc) is 3.56. The number of carbonyl (C=O) groups is 2. The summed E-state index contributed by atoms with van der Waals surface area (Å²) in [4.78, 5) is 27.4. The molecule has 1 aliphatic carbocycles. The second kappa shape index (κ2) is 8.19. The van der Waals surface area contributed by atoms with E-state index in [4.69, 9.17) is 9.47 Å². The van der Waals surface area contributed by atoms with E-state index < -0.39 is 0 Å². The molecule has 2 amide bonds. The Kier molecular flexibility index (Phi) is 5.12. The van der Waals surface area contributed by atoms with Gasteiger partial charge in [-0.25, -0.2) is 0 Å². The molecule has 1 spiro atoms. The minimum atomic E-state index is -0.384. The molecule has 1 N–H and O–H groups in total. The Morgan fingerprint density at radius 2 is 1.85 bits per heavy atom. The van der Waals surface area contributed by atoms with Crippen molar-refractivity contribution < 1.29 is 19.1 Å². The van der Waals surface area contributed by atoms with E-state index in [1.54, 1.807) is 0 Å². The molecule has 4 aliphatic rings. The van der Waals surface area contributed by atoms with Crippen LogP contribution in [0.4, 0.5) is 0 Å². The molecule has 0 radical (unpaired) electrons. The van der Waals surface area contributed by atoms with E-state index in [2.05, 4.69) is 41.7 Å². The van der Waals surface area contributed by atoms with Crippen molar-refractivity contribution in [1.29, 1.82) is 0 Å². The average molecular weight is 459 g/mol. The van der Waals surface area contributed by atoms with Crippen LogP contribution in [-0.4, -0.2) is 42.1 Å². The molecular formula is C28H30N2O4. The van der Waals surface area contributed by atoms with E-state index in [-0.39, 0.29) is 29.6 Å². The third-order valence-corrected chi connectivity index (χ3v) is 8.12. The van der Waals surface area contributed by atoms with Crippen LogP contribution in [0.25, 0.3) is 6.08 Å². The predicted octanol–water partition coefficient (Wildman–Crippen LogP) is 3.97. The zero-order chi connectivity index (χ0) is 23.2. The number of carbonyl (C=O) groups excluding carboxylic acids is 2. The standard InChI is InChI=1S/C28H30N2O4/c31-25-8-11-28(29-25,18-20-5-6-23-24(17-20)34-19-33-23)12-9-26(32)30-15-13-27(14-16-30)10-7-21-3-1-2-4-22(21)27/h1-7,10,17H,8-9,11-16,18-19H2,(H,29,31)/t28-/m1/s1. The van der Waals surface area contributed by atoms with Gasteiger partial charge in [0.15, 0.2) is 11.5 Å². The van der Waals surface area contributed by atoms with Gasteiger partial charge in [0.25, 0.3) is 0 Å². The third-order valence-electron chi connectivity index (χ3n) is 8.12. The van der Waals surface area contributed by atoms with Crippen molar-refractivity contribution in [3.8, 4) is 11.5 Å². The Labute approximate surface area is 199 Å². The minimum absolute atomic E-state index is 0.0693. The number of piperidine rings is 1. The van der Waals surface area contributed by atoms with Crippen molar-refractivity contribution in [2.45, 2.75) is 55.9 Å². The van der Waals surface area contributed by atoms with Crippen molar-refractivity contribution in [3.63, 3.8) is 0 Å². The normalized spacial score (nSPS) is 23.9. The van der Waals surface area contributed by atoms with Gasteiger partial charge < -0.3 is 19.7 Å². The van der Waals surface area contributed by atoms with Crippen LogP contribution >= 0.6 is 0 Å². The maximum atomic E-state index is 13.2. The lowest BCUT2D eigenvalue weighted by Crippen LogP contribution is -2.47. The van der Waals surface area contributed by atoms with Crippen LogP contribution in [0.5, 0.6) is 11.5 Å². The molecule has 3 aliphatic heterocycles. The highest BCUT2D eigenvalue weighted by atomic mass is 16.7. The molecule has 6 heteroatoms. The first-order chi connectivity index (χ1) is 16.5. The lowest BCUT2D eigenvalue weighted by Gasteiger charge is -2.40. The minimum Gasteiger partial charge on any atom is -0.454 e. The number of nitrogens with one attached hydrogen (secondary N) is 1. The third kappa shape index (κ3) is 3.75. The van der Waals surface area contributed by atoms with Crippen LogP contribution in [-0.2, 0) is 21.4 Å². The van der Waals surface area contributed by atoms with Gasteiger partial charge in [0.1, 0.15) is 0 Å². The highest BCUT2D eigenvalue weighted by Crippen LogP contribution is 2.44. The van der Waals surface area contributed by atoms with Gasteiger partial charge >= 0.3 is 0 Å². The molecule has 176 valence electrons. The van der Waals surface area contributed by atoms with Crippen LogP contribution in [0.3, 0.4) is 0 Å². The molecule has 0 unspecified atom stereocenters. The largest absolute Gasteiger partial charge is 0.454 e. The summed E-state index contributed by atoms with van der Waals surface area (Å²) in [6, 6.07) is 14.5. The number of ether oxygens (including phenoxy) is 2. The van der Waals surface area contributed by atoms with Crippen molar-refractivity contribution in [2.24, 2.45) is 0 Å². The quantitative estimate of drug-likeness (QED) is 0.736. The predicted molar refractivity (Wildman–Crippen MR) is 129 cm³/mol. The fourth-order valence-corrected chi connectivity index (χ4v) is 6.15. The van der Waals surface area contributed by atoms with Crippen molar-refractivity contribution in [2.75, 3.05) is 19.9 Å². The summed E-state index contributed by atoms with van der Waals surface area (Å²) < 4.78 is 10.9. The first-order valence-corrected chi connectivity index (χ1v) is 12.3. The first-order valence-electron chi connectivity index (χ1n) is 12.3. The van der Waals surface area contributed by atoms with Crippen molar-refractivity contribution >= 4 is 17.9 Å². The fourth-order valence-electron chi connectivity index (χ4n) is 6.15. The van der Waals surface area contributed by atoms with Gasteiger partial charge in [-0.15, -0.1) is 0 Å². The number of benzene rings is 2. The van der Waals surface area contributed by atoms with Crippen molar-refractivity contribution in [3.05, 3.63) is 65.2 Å². The molecule has 0 aromatic heterocycles. The zero-order valence-electron chi connectivity index (χ0n) is 19.3. The van der Waals surface area contributed by atoms with E-state index in [1.807, 2.05) is 23.1 Å². The highest BCUT2D eigenvalue weighted by molar-refractivity contribution is 5.80. The molecule has 0 bridgehead atoms. The van der Waals surface area contributed by atoms with Gasteiger partial charge in [0, 0.05) is 36.9 Å². The van der Waals surface area contributed by atoms with Gasteiger partial charge in [-0.2, -0.15) is 0 Å². The molecule has 6 nitrogen and oxygen atoms in total. The Bertz CT molecular complexity index is 1160. The van der Waals surface area contributed by atoms with E-state index in [1.165, 1.54) is 11.1 Å². The molecule has 1 atom stereocenters. The smallest absolute Gasteiger partial charge is 0.231 e. The molecular weight excluding hydrogens is 428 g/mol. The van der Waals surface area contributed by atoms with Gasteiger partial charge in [-0.3, -0.25) is 9.59 Å². The van der Waals surface area contributed by atoms with Gasteiger partial charge in [0.05, 0.1) is 0 Å². The Morgan fingerprint density at radius 3 is 2.68 bits per heavy atom. The summed E-state index contributed by atoms with van der Waals surface area (Å²) in [6.45, 7) is 1.80. The summed E-state index contributed by atoms with van der Waals surface area (Å²) in [6.07, 6.45) is 9.54. The summed E-state index contributed by atoms with van der Waals surface area (Å²) in [7, 11) is 0. The Balaban J connectivity index is 1.10. The molecule has 2 aromatic carbocycles. The SMILES string of the molecule is O=C1CC[C@@](CCC(=O)N2CCC3(C=Cc4ccccc43)CC2)(Cc2ccc3c(c2)OCO3)N1. The summed E-state index contributed by atoms with van der Waals surface area (Å²) in [5.41, 5.74) is 3.49. The van der Waals surface area contributed by atoms with Gasteiger partial charge in [-0.1, -0.05) is 42.5 Å². The molecule has 2 saturated heterocycles. The molecule has 0 saturated carbocycles. The number of fused-ring (bicyclic) bond motifs is 3. The van der Waals surface area contributed by atoms with Crippen LogP contribution in [0.1, 0.15) is 55.2 Å². The second-order valence-corrected chi connectivity index (χ2v) is 10.2. The molecule has 2 aromatic rings. The van der Waals surface area contributed by atoms with Gasteiger partial charge in [0.2, 0.25) is 18.6 Å². The van der Waals surface area contributed by atoms with E-state index >= 15 is 0 Å². The van der Waals surface area contributed by atoms with Crippen LogP contribution in [0.2, 0.25) is 0 Å². The lowest BCUT2D eigenvalue weighted by molar-refractivity contribution is -0.133.